The molecule has 3 aromatic carbocycles. The average molecular weight is 351 g/mol. The Morgan fingerprint density at radius 2 is 1.52 bits per heavy atom. The van der Waals surface area contributed by atoms with Gasteiger partial charge in [-0.1, -0.05) is 60.1 Å². The van der Waals surface area contributed by atoms with E-state index in [2.05, 4.69) is 10.6 Å². The number of amides is 1. The normalized spacial score (nSPS) is 11.6. The molecule has 25 heavy (non-hydrogen) atoms. The van der Waals surface area contributed by atoms with Gasteiger partial charge in [0.25, 0.3) is 0 Å². The van der Waals surface area contributed by atoms with Crippen LogP contribution < -0.4 is 10.6 Å². The van der Waals surface area contributed by atoms with E-state index in [1.54, 1.807) is 12.1 Å². The fourth-order valence-corrected chi connectivity index (χ4v) is 2.69. The summed E-state index contributed by atoms with van der Waals surface area (Å²) in [6, 6.07) is 24.7. The predicted molar refractivity (Wildman–Crippen MR) is 105 cm³/mol. The maximum absolute atomic E-state index is 12.6. The van der Waals surface area contributed by atoms with E-state index in [-0.39, 0.29) is 11.9 Å². The zero-order valence-corrected chi connectivity index (χ0v) is 14.6. The van der Waals surface area contributed by atoms with Crippen LogP contribution in [0, 0.1) is 0 Å². The average Bonchev–Trinajstić information content (AvgIpc) is 2.64. The van der Waals surface area contributed by atoms with Crippen molar-refractivity contribution < 1.29 is 4.79 Å². The number of carbonyl (C=O) groups excluding carboxylic acids is 1. The molecular weight excluding hydrogens is 332 g/mol. The molecule has 0 radical (unpaired) electrons. The van der Waals surface area contributed by atoms with Gasteiger partial charge in [-0.25, -0.2) is 0 Å². The largest absolute Gasteiger partial charge is 0.374 e. The number of rotatable bonds is 5. The number of anilines is 2. The van der Waals surface area contributed by atoms with Crippen LogP contribution >= 0.6 is 11.6 Å². The quantitative estimate of drug-likeness (QED) is 0.642. The lowest BCUT2D eigenvalue weighted by Gasteiger charge is -2.17. The first-order chi connectivity index (χ1) is 12.1. The molecule has 3 rings (SSSR count). The summed E-state index contributed by atoms with van der Waals surface area (Å²) in [7, 11) is 0. The molecule has 0 aliphatic heterocycles. The summed E-state index contributed by atoms with van der Waals surface area (Å²) >= 11 is 5.89. The number of halogens is 1. The van der Waals surface area contributed by atoms with Crippen molar-refractivity contribution in [1.29, 1.82) is 0 Å². The summed E-state index contributed by atoms with van der Waals surface area (Å²) in [6.07, 6.45) is 0. The first kappa shape index (κ1) is 17.1. The molecule has 0 spiro atoms. The standard InChI is InChI=1S/C21H19ClN2O/c1-15(23-18-13-11-17(22)12-14-18)21(25)24-20-10-6-5-9-19(20)16-7-3-2-4-8-16/h2-15,23H,1H3,(H,24,25)/t15-/m1/s1. The Hall–Kier alpha value is -2.78. The van der Waals surface area contributed by atoms with Crippen molar-refractivity contribution in [2.45, 2.75) is 13.0 Å². The fourth-order valence-electron chi connectivity index (χ4n) is 2.56. The third-order valence-corrected chi connectivity index (χ3v) is 4.14. The molecule has 0 fully saturated rings. The Labute approximate surface area is 152 Å². The summed E-state index contributed by atoms with van der Waals surface area (Å²) in [6.45, 7) is 1.83. The second-order valence-electron chi connectivity index (χ2n) is 5.77. The van der Waals surface area contributed by atoms with Gasteiger partial charge in [0.2, 0.25) is 5.91 Å². The number of hydrogen-bond acceptors (Lipinski definition) is 2. The SMILES string of the molecule is C[C@@H](Nc1ccc(Cl)cc1)C(=O)Nc1ccccc1-c1ccccc1. The Kier molecular flexibility index (Phi) is 5.36. The smallest absolute Gasteiger partial charge is 0.246 e. The van der Waals surface area contributed by atoms with Crippen LogP contribution in [-0.4, -0.2) is 11.9 Å². The molecule has 0 saturated carbocycles. The van der Waals surface area contributed by atoms with Crippen molar-refractivity contribution in [2.75, 3.05) is 10.6 Å². The highest BCUT2D eigenvalue weighted by atomic mass is 35.5. The van der Waals surface area contributed by atoms with E-state index < -0.39 is 0 Å². The van der Waals surface area contributed by atoms with Gasteiger partial charge in [0.1, 0.15) is 6.04 Å². The molecule has 0 bridgehead atoms. The molecular formula is C21H19ClN2O. The first-order valence-corrected chi connectivity index (χ1v) is 8.49. The van der Waals surface area contributed by atoms with Gasteiger partial charge >= 0.3 is 0 Å². The molecule has 0 aliphatic rings. The first-order valence-electron chi connectivity index (χ1n) is 8.11. The van der Waals surface area contributed by atoms with Crippen molar-refractivity contribution in [1.82, 2.24) is 0 Å². The number of carbonyl (C=O) groups is 1. The topological polar surface area (TPSA) is 41.1 Å². The summed E-state index contributed by atoms with van der Waals surface area (Å²) in [5.74, 6) is -0.0988. The lowest BCUT2D eigenvalue weighted by molar-refractivity contribution is -0.116. The van der Waals surface area contributed by atoms with Crippen molar-refractivity contribution in [3.63, 3.8) is 0 Å². The Bertz CT molecular complexity index is 847. The summed E-state index contributed by atoms with van der Waals surface area (Å²) in [4.78, 5) is 12.6. The van der Waals surface area contributed by atoms with Gasteiger partial charge in [0.15, 0.2) is 0 Å². The van der Waals surface area contributed by atoms with E-state index in [1.807, 2.05) is 73.7 Å². The Morgan fingerprint density at radius 1 is 0.880 bits per heavy atom. The highest BCUT2D eigenvalue weighted by Gasteiger charge is 2.14. The molecule has 3 aromatic rings. The van der Waals surface area contributed by atoms with Crippen LogP contribution in [0.2, 0.25) is 5.02 Å². The van der Waals surface area contributed by atoms with Gasteiger partial charge < -0.3 is 10.6 Å². The lowest BCUT2D eigenvalue weighted by Crippen LogP contribution is -2.32. The zero-order valence-electron chi connectivity index (χ0n) is 13.9. The molecule has 0 aromatic heterocycles. The number of hydrogen-bond donors (Lipinski definition) is 2. The van der Waals surface area contributed by atoms with Gasteiger partial charge in [-0.3, -0.25) is 4.79 Å². The zero-order chi connectivity index (χ0) is 17.6. The van der Waals surface area contributed by atoms with E-state index in [0.717, 1.165) is 22.5 Å². The Morgan fingerprint density at radius 3 is 2.24 bits per heavy atom. The minimum Gasteiger partial charge on any atom is -0.374 e. The van der Waals surface area contributed by atoms with Crippen LogP contribution in [0.5, 0.6) is 0 Å². The molecule has 2 N–H and O–H groups in total. The van der Waals surface area contributed by atoms with Crippen molar-refractivity contribution in [2.24, 2.45) is 0 Å². The molecule has 3 nitrogen and oxygen atoms in total. The predicted octanol–water partition coefficient (Wildman–Crippen LogP) is 5.45. The molecule has 1 amide bonds. The van der Waals surface area contributed by atoms with Crippen LogP contribution in [0.15, 0.2) is 78.9 Å². The molecule has 1 atom stereocenters. The van der Waals surface area contributed by atoms with E-state index >= 15 is 0 Å². The van der Waals surface area contributed by atoms with Gasteiger partial charge in [-0.2, -0.15) is 0 Å². The molecule has 4 heteroatoms. The van der Waals surface area contributed by atoms with E-state index in [0.29, 0.717) is 5.02 Å². The van der Waals surface area contributed by atoms with E-state index in [9.17, 15) is 4.79 Å². The van der Waals surface area contributed by atoms with Gasteiger partial charge in [-0.05, 0) is 42.8 Å². The summed E-state index contributed by atoms with van der Waals surface area (Å²) < 4.78 is 0. The van der Waals surface area contributed by atoms with Crippen molar-refractivity contribution in [3.05, 3.63) is 83.9 Å². The number of benzene rings is 3. The van der Waals surface area contributed by atoms with E-state index in [1.165, 1.54) is 0 Å². The molecule has 0 unspecified atom stereocenters. The van der Waals surface area contributed by atoms with Crippen LogP contribution in [0.25, 0.3) is 11.1 Å². The van der Waals surface area contributed by atoms with Crippen molar-refractivity contribution >= 4 is 28.9 Å². The lowest BCUT2D eigenvalue weighted by atomic mass is 10.0. The maximum Gasteiger partial charge on any atom is 0.246 e. The maximum atomic E-state index is 12.6. The van der Waals surface area contributed by atoms with Gasteiger partial charge in [0, 0.05) is 22.0 Å². The van der Waals surface area contributed by atoms with Crippen LogP contribution in [0.3, 0.4) is 0 Å². The molecule has 0 aliphatic carbocycles. The van der Waals surface area contributed by atoms with Crippen LogP contribution in [-0.2, 0) is 4.79 Å². The molecule has 0 heterocycles. The minimum absolute atomic E-state index is 0.0988. The fraction of sp³-hybridized carbons (Fsp3) is 0.0952. The highest BCUT2D eigenvalue weighted by molar-refractivity contribution is 6.30. The van der Waals surface area contributed by atoms with Crippen LogP contribution in [0.4, 0.5) is 11.4 Å². The third kappa shape index (κ3) is 4.40. The monoisotopic (exact) mass is 350 g/mol. The van der Waals surface area contributed by atoms with E-state index in [4.69, 9.17) is 11.6 Å². The molecule has 0 saturated heterocycles. The highest BCUT2D eigenvalue weighted by Crippen LogP contribution is 2.27. The van der Waals surface area contributed by atoms with Gasteiger partial charge in [-0.15, -0.1) is 0 Å². The third-order valence-electron chi connectivity index (χ3n) is 3.89. The van der Waals surface area contributed by atoms with Gasteiger partial charge in [0.05, 0.1) is 0 Å². The second-order valence-corrected chi connectivity index (χ2v) is 6.21. The molecule has 126 valence electrons. The number of nitrogens with one attached hydrogen (secondary N) is 2. The van der Waals surface area contributed by atoms with Crippen LogP contribution in [0.1, 0.15) is 6.92 Å². The summed E-state index contributed by atoms with van der Waals surface area (Å²) in [5.41, 5.74) is 3.71. The van der Waals surface area contributed by atoms with Crippen molar-refractivity contribution in [3.8, 4) is 11.1 Å². The number of para-hydroxylation sites is 1. The summed E-state index contributed by atoms with van der Waals surface area (Å²) in [5, 5.41) is 6.86. The second kappa shape index (κ2) is 7.86. The minimum atomic E-state index is -0.384. The Balaban J connectivity index is 1.74.